The van der Waals surface area contributed by atoms with Gasteiger partial charge in [-0.05, 0) is 81.4 Å². The maximum atomic E-state index is 12.4. The molecule has 33 heavy (non-hydrogen) atoms. The number of aromatic nitrogens is 2. The van der Waals surface area contributed by atoms with Gasteiger partial charge in [-0.3, -0.25) is 9.59 Å². The zero-order valence-corrected chi connectivity index (χ0v) is 20.9. The van der Waals surface area contributed by atoms with Gasteiger partial charge >= 0.3 is 0 Å². The fourth-order valence-corrected chi connectivity index (χ4v) is 5.09. The van der Waals surface area contributed by atoms with Gasteiger partial charge in [-0.15, -0.1) is 0 Å². The molecule has 1 aliphatic carbocycles. The highest BCUT2D eigenvalue weighted by Crippen LogP contribution is 2.41. The Hall–Kier alpha value is -2.86. The minimum Gasteiger partial charge on any atom is -0.354 e. The molecule has 1 fully saturated rings. The Labute approximate surface area is 196 Å². The molecule has 1 aliphatic rings. The van der Waals surface area contributed by atoms with Gasteiger partial charge in [0.2, 0.25) is 5.91 Å². The molecule has 0 atom stereocenters. The van der Waals surface area contributed by atoms with Crippen molar-refractivity contribution in [3.8, 4) is 11.3 Å². The van der Waals surface area contributed by atoms with Crippen molar-refractivity contribution >= 4 is 16.8 Å². The van der Waals surface area contributed by atoms with Gasteiger partial charge in [0, 0.05) is 41.3 Å². The molecule has 2 aromatic heterocycles. The Bertz CT molecular complexity index is 1260. The van der Waals surface area contributed by atoms with E-state index in [2.05, 4.69) is 42.3 Å². The summed E-state index contributed by atoms with van der Waals surface area (Å²) in [6.07, 6.45) is 3.92. The Kier molecular flexibility index (Phi) is 6.23. The monoisotopic (exact) mass is 448 g/mol. The number of aryl methyl sites for hydroxylation is 1. The fourth-order valence-electron chi connectivity index (χ4n) is 5.09. The molecule has 0 aliphatic heterocycles. The van der Waals surface area contributed by atoms with Crippen LogP contribution in [0.25, 0.3) is 22.2 Å². The number of hydrogen-bond acceptors (Lipinski definition) is 3. The second-order valence-corrected chi connectivity index (χ2v) is 10.3. The van der Waals surface area contributed by atoms with Crippen LogP contribution in [0.15, 0.2) is 29.2 Å². The van der Waals surface area contributed by atoms with Crippen LogP contribution in [0.2, 0.25) is 0 Å². The SMILES string of the molecule is Cc1c(-c2[nH]c3ccc(C4CC(NC(=O)CN(C)C)C4)cc3c2C(C)C)cn(C)c(=O)c1C. The molecule has 1 amide bonds. The third-order valence-corrected chi connectivity index (χ3v) is 7.07. The highest BCUT2D eigenvalue weighted by atomic mass is 16.2. The summed E-state index contributed by atoms with van der Waals surface area (Å²) in [5.41, 5.74) is 7.82. The molecule has 2 N–H and O–H groups in total. The van der Waals surface area contributed by atoms with Gasteiger partial charge in [0.25, 0.3) is 5.56 Å². The van der Waals surface area contributed by atoms with Crippen molar-refractivity contribution < 1.29 is 4.79 Å². The summed E-state index contributed by atoms with van der Waals surface area (Å²) in [5.74, 6) is 0.901. The van der Waals surface area contributed by atoms with Gasteiger partial charge in [-0.25, -0.2) is 0 Å². The third-order valence-electron chi connectivity index (χ3n) is 7.07. The van der Waals surface area contributed by atoms with E-state index < -0.39 is 0 Å². The van der Waals surface area contributed by atoms with Gasteiger partial charge in [0.05, 0.1) is 12.2 Å². The van der Waals surface area contributed by atoms with Gasteiger partial charge in [-0.2, -0.15) is 0 Å². The van der Waals surface area contributed by atoms with Crippen molar-refractivity contribution in [1.29, 1.82) is 0 Å². The highest BCUT2D eigenvalue weighted by molar-refractivity contribution is 5.92. The van der Waals surface area contributed by atoms with Gasteiger partial charge in [0.1, 0.15) is 0 Å². The van der Waals surface area contributed by atoms with Crippen LogP contribution in [0.5, 0.6) is 0 Å². The predicted octanol–water partition coefficient (Wildman–Crippen LogP) is 4.20. The lowest BCUT2D eigenvalue weighted by Crippen LogP contribution is -2.46. The summed E-state index contributed by atoms with van der Waals surface area (Å²) in [4.78, 5) is 30.0. The predicted molar refractivity (Wildman–Crippen MR) is 135 cm³/mol. The molecule has 3 aromatic rings. The minimum atomic E-state index is 0.0537. The Morgan fingerprint density at radius 2 is 1.91 bits per heavy atom. The first kappa shape index (κ1) is 23.3. The number of aromatic amines is 1. The minimum absolute atomic E-state index is 0.0537. The lowest BCUT2D eigenvalue weighted by atomic mass is 9.75. The number of pyridine rings is 1. The molecule has 0 radical (unpaired) electrons. The summed E-state index contributed by atoms with van der Waals surface area (Å²) in [5, 5.41) is 4.40. The Balaban J connectivity index is 1.66. The number of benzene rings is 1. The first-order valence-electron chi connectivity index (χ1n) is 11.8. The van der Waals surface area contributed by atoms with E-state index in [0.29, 0.717) is 18.4 Å². The van der Waals surface area contributed by atoms with E-state index in [1.54, 1.807) is 4.57 Å². The van der Waals surface area contributed by atoms with Gasteiger partial charge in [-0.1, -0.05) is 19.9 Å². The smallest absolute Gasteiger partial charge is 0.253 e. The molecular weight excluding hydrogens is 412 g/mol. The third kappa shape index (κ3) is 4.36. The van der Waals surface area contributed by atoms with Gasteiger partial charge < -0.3 is 19.8 Å². The second-order valence-electron chi connectivity index (χ2n) is 10.3. The molecule has 0 unspecified atom stereocenters. The molecule has 176 valence electrons. The number of rotatable bonds is 6. The highest BCUT2D eigenvalue weighted by Gasteiger charge is 2.32. The summed E-state index contributed by atoms with van der Waals surface area (Å²) in [7, 11) is 5.64. The van der Waals surface area contributed by atoms with Crippen molar-refractivity contribution in [2.75, 3.05) is 20.6 Å². The fraction of sp³-hybridized carbons (Fsp3) is 0.481. The summed E-state index contributed by atoms with van der Waals surface area (Å²) >= 11 is 0. The molecule has 4 rings (SSSR count). The van der Waals surface area contributed by atoms with Crippen LogP contribution >= 0.6 is 0 Å². The van der Waals surface area contributed by atoms with Crippen molar-refractivity contribution in [3.63, 3.8) is 0 Å². The Morgan fingerprint density at radius 3 is 2.55 bits per heavy atom. The molecule has 6 heteroatoms. The van der Waals surface area contributed by atoms with Crippen LogP contribution in [0.3, 0.4) is 0 Å². The number of amides is 1. The largest absolute Gasteiger partial charge is 0.354 e. The zero-order valence-electron chi connectivity index (χ0n) is 20.9. The van der Waals surface area contributed by atoms with Crippen LogP contribution in [-0.2, 0) is 11.8 Å². The molecule has 1 saturated carbocycles. The quantitative estimate of drug-likeness (QED) is 0.594. The number of likely N-dealkylation sites (N-methyl/N-ethyl adjacent to an activating group) is 1. The molecule has 0 spiro atoms. The van der Waals surface area contributed by atoms with Crippen molar-refractivity contribution in [3.05, 3.63) is 57.0 Å². The van der Waals surface area contributed by atoms with Crippen LogP contribution in [0.1, 0.15) is 60.8 Å². The van der Waals surface area contributed by atoms with E-state index in [1.807, 2.05) is 46.1 Å². The molecule has 6 nitrogen and oxygen atoms in total. The Morgan fingerprint density at radius 1 is 1.21 bits per heavy atom. The summed E-state index contributed by atoms with van der Waals surface area (Å²) in [6, 6.07) is 6.99. The standard InChI is InChI=1S/C27H36N4O2/c1-15(2)25-21-12-18(19-10-20(11-19)28-24(32)14-30(5)6)8-9-23(21)29-26(25)22-13-31(7)27(33)17(4)16(22)3/h8-9,12-13,15,19-20,29H,10-11,14H2,1-7H3,(H,28,32). The van der Waals surface area contributed by atoms with E-state index in [4.69, 9.17) is 0 Å². The van der Waals surface area contributed by atoms with E-state index in [-0.39, 0.29) is 17.5 Å². The number of carbonyl (C=O) groups excluding carboxylic acids is 1. The average molecular weight is 449 g/mol. The van der Waals surface area contributed by atoms with E-state index in [9.17, 15) is 9.59 Å². The van der Waals surface area contributed by atoms with Crippen LogP contribution in [0.4, 0.5) is 0 Å². The molecule has 0 bridgehead atoms. The second kappa shape index (κ2) is 8.82. The summed E-state index contributed by atoms with van der Waals surface area (Å²) < 4.78 is 1.68. The topological polar surface area (TPSA) is 70.1 Å². The number of hydrogen-bond donors (Lipinski definition) is 2. The van der Waals surface area contributed by atoms with E-state index in [1.165, 1.54) is 16.5 Å². The van der Waals surface area contributed by atoms with Crippen LogP contribution in [0, 0.1) is 13.8 Å². The molecular formula is C27H36N4O2. The van der Waals surface area contributed by atoms with Crippen molar-refractivity contribution in [2.24, 2.45) is 7.05 Å². The van der Waals surface area contributed by atoms with E-state index in [0.717, 1.165) is 40.7 Å². The first-order chi connectivity index (χ1) is 15.6. The lowest BCUT2D eigenvalue weighted by molar-refractivity contribution is -0.123. The van der Waals surface area contributed by atoms with Crippen LogP contribution < -0.4 is 10.9 Å². The number of H-pyrrole nitrogens is 1. The van der Waals surface area contributed by atoms with Crippen molar-refractivity contribution in [1.82, 2.24) is 19.8 Å². The zero-order chi connectivity index (χ0) is 24.0. The van der Waals surface area contributed by atoms with Crippen molar-refractivity contribution in [2.45, 2.75) is 58.4 Å². The maximum absolute atomic E-state index is 12.4. The first-order valence-corrected chi connectivity index (χ1v) is 11.8. The molecule has 1 aromatic carbocycles. The summed E-state index contributed by atoms with van der Waals surface area (Å²) in [6.45, 7) is 8.82. The number of carbonyl (C=O) groups is 1. The number of nitrogens with one attached hydrogen (secondary N) is 2. The molecule has 2 heterocycles. The van der Waals surface area contributed by atoms with E-state index >= 15 is 0 Å². The lowest BCUT2D eigenvalue weighted by Gasteiger charge is -2.36. The van der Waals surface area contributed by atoms with Crippen LogP contribution in [-0.4, -0.2) is 47.0 Å². The normalized spacial score (nSPS) is 18.2. The maximum Gasteiger partial charge on any atom is 0.253 e. The van der Waals surface area contributed by atoms with Gasteiger partial charge in [0.15, 0.2) is 0 Å². The number of fused-ring (bicyclic) bond motifs is 1. The average Bonchev–Trinajstić information content (AvgIpc) is 3.09. The number of nitrogens with zero attached hydrogens (tertiary/aromatic N) is 2. The molecule has 0 saturated heterocycles.